The number of hydrogen-bond donors (Lipinski definition) is 2. The zero-order valence-electron chi connectivity index (χ0n) is 15.1. The van der Waals surface area contributed by atoms with Gasteiger partial charge >= 0.3 is 6.03 Å². The number of nitrogens with one attached hydrogen (secondary N) is 1. The van der Waals surface area contributed by atoms with Crippen molar-refractivity contribution in [2.45, 2.75) is 52.6 Å². The van der Waals surface area contributed by atoms with Crippen LogP contribution in [0.2, 0.25) is 0 Å². The van der Waals surface area contributed by atoms with E-state index in [0.717, 1.165) is 38.5 Å². The van der Waals surface area contributed by atoms with Gasteiger partial charge in [0.2, 0.25) is 0 Å². The largest absolute Gasteiger partial charge is 0.391 e. The molecular formula is C18H35N3O2. The second-order valence-corrected chi connectivity index (χ2v) is 7.93. The first kappa shape index (κ1) is 18.5. The van der Waals surface area contributed by atoms with E-state index in [-0.39, 0.29) is 12.1 Å². The third kappa shape index (κ3) is 5.96. The summed E-state index contributed by atoms with van der Waals surface area (Å²) in [6.45, 7) is 12.1. The maximum Gasteiger partial charge on any atom is 0.317 e. The minimum Gasteiger partial charge on any atom is -0.391 e. The molecule has 2 rings (SSSR count). The monoisotopic (exact) mass is 325 g/mol. The van der Waals surface area contributed by atoms with Gasteiger partial charge in [-0.2, -0.15) is 0 Å². The lowest BCUT2D eigenvalue weighted by atomic mass is 9.95. The van der Waals surface area contributed by atoms with Crippen LogP contribution in [-0.4, -0.2) is 66.3 Å². The van der Waals surface area contributed by atoms with Crippen molar-refractivity contribution >= 4 is 6.03 Å². The van der Waals surface area contributed by atoms with Crippen molar-refractivity contribution in [1.29, 1.82) is 0 Å². The summed E-state index contributed by atoms with van der Waals surface area (Å²) in [5.41, 5.74) is 0. The Kier molecular flexibility index (Phi) is 7.15. The number of aliphatic hydroxyl groups is 1. The fourth-order valence-corrected chi connectivity index (χ4v) is 3.43. The Morgan fingerprint density at radius 3 is 2.52 bits per heavy atom. The lowest BCUT2D eigenvalue weighted by Gasteiger charge is -2.35. The molecule has 5 heteroatoms. The number of amides is 2. The van der Waals surface area contributed by atoms with Crippen molar-refractivity contribution in [1.82, 2.24) is 15.1 Å². The van der Waals surface area contributed by atoms with E-state index in [2.05, 4.69) is 24.1 Å². The summed E-state index contributed by atoms with van der Waals surface area (Å²) < 4.78 is 0. The number of carbonyl (C=O) groups excluding carboxylic acids is 1. The van der Waals surface area contributed by atoms with Crippen molar-refractivity contribution in [2.75, 3.05) is 39.3 Å². The molecule has 23 heavy (non-hydrogen) atoms. The molecule has 0 spiro atoms. The number of carbonyl (C=O) groups is 1. The molecule has 134 valence electrons. The second kappa shape index (κ2) is 8.88. The molecule has 2 aliphatic rings. The minimum atomic E-state index is -0.376. The van der Waals surface area contributed by atoms with Gasteiger partial charge in [-0.1, -0.05) is 20.8 Å². The predicted octanol–water partition coefficient (Wildman–Crippen LogP) is 2.16. The van der Waals surface area contributed by atoms with Crippen molar-refractivity contribution in [3.05, 3.63) is 0 Å². The van der Waals surface area contributed by atoms with Gasteiger partial charge in [0.15, 0.2) is 0 Å². The van der Waals surface area contributed by atoms with Crippen LogP contribution in [0.4, 0.5) is 4.79 Å². The van der Waals surface area contributed by atoms with Crippen LogP contribution >= 0.6 is 0 Å². The van der Waals surface area contributed by atoms with Gasteiger partial charge in [-0.25, -0.2) is 4.79 Å². The molecule has 0 aromatic carbocycles. The Balaban J connectivity index is 1.62. The zero-order chi connectivity index (χ0) is 16.8. The fraction of sp³-hybridized carbons (Fsp3) is 0.944. The van der Waals surface area contributed by atoms with E-state index >= 15 is 0 Å². The van der Waals surface area contributed by atoms with Crippen LogP contribution in [0.15, 0.2) is 0 Å². The number of likely N-dealkylation sites (tertiary alicyclic amines) is 2. The molecule has 2 aliphatic heterocycles. The highest BCUT2D eigenvalue weighted by Crippen LogP contribution is 2.19. The Labute approximate surface area is 141 Å². The Morgan fingerprint density at radius 2 is 1.91 bits per heavy atom. The van der Waals surface area contributed by atoms with Crippen molar-refractivity contribution in [2.24, 2.45) is 17.8 Å². The van der Waals surface area contributed by atoms with Crippen LogP contribution in [0.5, 0.6) is 0 Å². The molecular weight excluding hydrogens is 290 g/mol. The van der Waals surface area contributed by atoms with Crippen molar-refractivity contribution < 1.29 is 9.90 Å². The molecule has 2 heterocycles. The maximum absolute atomic E-state index is 12.2. The first-order valence-electron chi connectivity index (χ1n) is 9.39. The molecule has 2 saturated heterocycles. The van der Waals surface area contributed by atoms with Gasteiger partial charge in [0, 0.05) is 19.6 Å². The SMILES string of the molecule is CC(C)CCN1CCC(CNC(=O)N2CCC(C)C(O)C2)CC1. The van der Waals surface area contributed by atoms with Crippen molar-refractivity contribution in [3.8, 4) is 0 Å². The van der Waals surface area contributed by atoms with Crippen LogP contribution in [0, 0.1) is 17.8 Å². The first-order valence-corrected chi connectivity index (χ1v) is 9.39. The van der Waals surface area contributed by atoms with E-state index < -0.39 is 0 Å². The molecule has 2 atom stereocenters. The smallest absolute Gasteiger partial charge is 0.317 e. The second-order valence-electron chi connectivity index (χ2n) is 7.93. The summed E-state index contributed by atoms with van der Waals surface area (Å²) >= 11 is 0. The average Bonchev–Trinajstić information content (AvgIpc) is 2.54. The summed E-state index contributed by atoms with van der Waals surface area (Å²) in [5.74, 6) is 1.67. The van der Waals surface area contributed by atoms with E-state index in [9.17, 15) is 9.90 Å². The first-order chi connectivity index (χ1) is 11.0. The zero-order valence-corrected chi connectivity index (χ0v) is 15.1. The Bertz CT molecular complexity index is 367. The fourth-order valence-electron chi connectivity index (χ4n) is 3.43. The number of rotatable bonds is 5. The summed E-state index contributed by atoms with van der Waals surface area (Å²) in [5, 5.41) is 13.0. The summed E-state index contributed by atoms with van der Waals surface area (Å²) in [6.07, 6.45) is 4.15. The van der Waals surface area contributed by atoms with Gasteiger partial charge in [0.05, 0.1) is 6.10 Å². The molecule has 0 bridgehead atoms. The third-order valence-electron chi connectivity index (χ3n) is 5.48. The minimum absolute atomic E-state index is 0.00168. The standard InChI is InChI=1S/C18H35N3O2/c1-14(2)4-8-20-9-6-16(7-10-20)12-19-18(23)21-11-5-15(3)17(22)13-21/h14-17,22H,4-13H2,1-3H3,(H,19,23). The summed E-state index contributed by atoms with van der Waals surface area (Å²) in [4.78, 5) is 16.6. The lowest BCUT2D eigenvalue weighted by molar-refractivity contribution is 0.0432. The number of aliphatic hydroxyl groups excluding tert-OH is 1. The van der Waals surface area contributed by atoms with E-state index in [1.165, 1.54) is 25.8 Å². The number of piperidine rings is 2. The molecule has 2 amide bonds. The predicted molar refractivity (Wildman–Crippen MR) is 93.4 cm³/mol. The highest BCUT2D eigenvalue weighted by Gasteiger charge is 2.27. The van der Waals surface area contributed by atoms with Gasteiger partial charge < -0.3 is 20.2 Å². The van der Waals surface area contributed by atoms with E-state index in [1.807, 2.05) is 6.92 Å². The quantitative estimate of drug-likeness (QED) is 0.814. The van der Waals surface area contributed by atoms with Crippen LogP contribution in [0.3, 0.4) is 0 Å². The summed E-state index contributed by atoms with van der Waals surface area (Å²) in [6, 6.07) is -0.00168. The van der Waals surface area contributed by atoms with Gasteiger partial charge in [0.1, 0.15) is 0 Å². The molecule has 0 aromatic heterocycles. The number of urea groups is 1. The highest BCUT2D eigenvalue weighted by molar-refractivity contribution is 5.74. The van der Waals surface area contributed by atoms with Crippen molar-refractivity contribution in [3.63, 3.8) is 0 Å². The molecule has 2 unspecified atom stereocenters. The number of hydrogen-bond acceptors (Lipinski definition) is 3. The van der Waals surface area contributed by atoms with E-state index in [4.69, 9.17) is 0 Å². The number of nitrogens with zero attached hydrogens (tertiary/aromatic N) is 2. The molecule has 0 saturated carbocycles. The van der Waals surface area contributed by atoms with Gasteiger partial charge in [0.25, 0.3) is 0 Å². The van der Waals surface area contributed by atoms with Gasteiger partial charge in [-0.3, -0.25) is 0 Å². The van der Waals surface area contributed by atoms with E-state index in [1.54, 1.807) is 4.90 Å². The molecule has 5 nitrogen and oxygen atoms in total. The van der Waals surface area contributed by atoms with Gasteiger partial charge in [-0.15, -0.1) is 0 Å². The van der Waals surface area contributed by atoms with Gasteiger partial charge in [-0.05, 0) is 63.1 Å². The summed E-state index contributed by atoms with van der Waals surface area (Å²) in [7, 11) is 0. The molecule has 0 radical (unpaired) electrons. The van der Waals surface area contributed by atoms with Crippen LogP contribution in [0.1, 0.15) is 46.5 Å². The third-order valence-corrected chi connectivity index (χ3v) is 5.48. The molecule has 0 aromatic rings. The Hall–Kier alpha value is -0.810. The van der Waals surface area contributed by atoms with Crippen LogP contribution in [0.25, 0.3) is 0 Å². The normalized spacial score (nSPS) is 27.4. The lowest BCUT2D eigenvalue weighted by Crippen LogP contribution is -2.50. The Morgan fingerprint density at radius 1 is 1.22 bits per heavy atom. The molecule has 2 fully saturated rings. The molecule has 0 aliphatic carbocycles. The topological polar surface area (TPSA) is 55.8 Å². The van der Waals surface area contributed by atoms with E-state index in [0.29, 0.717) is 18.4 Å². The molecule has 2 N–H and O–H groups in total. The number of β-amino-alcohol motifs (C(OH)–C–C–N with tert-alkyl or cyclic N) is 1. The van der Waals surface area contributed by atoms with Crippen LogP contribution in [-0.2, 0) is 0 Å². The van der Waals surface area contributed by atoms with Crippen LogP contribution < -0.4 is 5.32 Å². The maximum atomic E-state index is 12.2. The average molecular weight is 325 g/mol. The highest BCUT2D eigenvalue weighted by atomic mass is 16.3.